The number of halogens is 1. The highest BCUT2D eigenvalue weighted by Crippen LogP contribution is 2.29. The summed E-state index contributed by atoms with van der Waals surface area (Å²) in [5.41, 5.74) is 2.39. The van der Waals surface area contributed by atoms with E-state index in [1.807, 2.05) is 30.3 Å². The first-order chi connectivity index (χ1) is 12.5. The van der Waals surface area contributed by atoms with Crippen molar-refractivity contribution >= 4 is 23.1 Å². The van der Waals surface area contributed by atoms with E-state index < -0.39 is 5.97 Å². The van der Waals surface area contributed by atoms with Crippen LogP contribution in [0.5, 0.6) is 5.75 Å². The van der Waals surface area contributed by atoms with Gasteiger partial charge in [-0.1, -0.05) is 48.0 Å². The van der Waals surface area contributed by atoms with Gasteiger partial charge in [0.2, 0.25) is 5.76 Å². The smallest absolute Gasteiger partial charge is 0.372 e. The van der Waals surface area contributed by atoms with Crippen LogP contribution in [0.1, 0.15) is 16.8 Å². The summed E-state index contributed by atoms with van der Waals surface area (Å²) >= 11 is 5.96. The lowest BCUT2D eigenvalue weighted by atomic mass is 9.98. The van der Waals surface area contributed by atoms with Crippen molar-refractivity contribution in [2.24, 2.45) is 0 Å². The van der Waals surface area contributed by atoms with Gasteiger partial charge in [0.15, 0.2) is 0 Å². The highest BCUT2D eigenvalue weighted by molar-refractivity contribution is 6.29. The number of carboxylic acid groups (broad SMARTS) is 1. The second-order valence-corrected chi connectivity index (χ2v) is 5.87. The minimum atomic E-state index is -1.20. The molecule has 26 heavy (non-hydrogen) atoms. The first kappa shape index (κ1) is 17.6. The van der Waals surface area contributed by atoms with Crippen molar-refractivity contribution < 1.29 is 14.6 Å². The van der Waals surface area contributed by atoms with Crippen molar-refractivity contribution in [3.63, 3.8) is 0 Å². The number of hydrogen-bond donors (Lipinski definition) is 1. The first-order valence-corrected chi connectivity index (χ1v) is 8.18. The standard InChI is InChI=1S/C20H15ClN2O3/c1-13-10-16(11-17(21)23-13)26-19(20(24)25)18(14-6-3-2-4-7-14)15-8-5-9-22-12-15/h2-12H,1H3,(H,24,25). The fourth-order valence-corrected chi connectivity index (χ4v) is 2.76. The zero-order valence-corrected chi connectivity index (χ0v) is 14.6. The molecule has 2 aromatic heterocycles. The highest BCUT2D eigenvalue weighted by atomic mass is 35.5. The molecule has 0 aliphatic rings. The lowest BCUT2D eigenvalue weighted by Crippen LogP contribution is -2.12. The predicted molar refractivity (Wildman–Crippen MR) is 98.9 cm³/mol. The van der Waals surface area contributed by atoms with Crippen LogP contribution in [0.2, 0.25) is 5.15 Å². The zero-order valence-electron chi connectivity index (χ0n) is 13.9. The van der Waals surface area contributed by atoms with Gasteiger partial charge >= 0.3 is 5.97 Å². The topological polar surface area (TPSA) is 72.3 Å². The van der Waals surface area contributed by atoms with Gasteiger partial charge in [-0.15, -0.1) is 0 Å². The number of rotatable bonds is 5. The Balaban J connectivity index is 2.20. The molecule has 0 unspecified atom stereocenters. The Labute approximate surface area is 155 Å². The van der Waals surface area contributed by atoms with Gasteiger partial charge in [0.25, 0.3) is 0 Å². The van der Waals surface area contributed by atoms with Crippen LogP contribution in [0.25, 0.3) is 5.57 Å². The van der Waals surface area contributed by atoms with E-state index in [0.29, 0.717) is 28.1 Å². The van der Waals surface area contributed by atoms with E-state index in [9.17, 15) is 9.90 Å². The number of aliphatic carboxylic acids is 1. The fraction of sp³-hybridized carbons (Fsp3) is 0.0500. The van der Waals surface area contributed by atoms with Crippen molar-refractivity contribution in [3.8, 4) is 5.75 Å². The van der Waals surface area contributed by atoms with Crippen molar-refractivity contribution in [3.05, 3.63) is 94.7 Å². The number of carbonyl (C=O) groups is 1. The Kier molecular flexibility index (Phi) is 5.29. The quantitative estimate of drug-likeness (QED) is 0.412. The molecule has 0 fully saturated rings. The minimum absolute atomic E-state index is 0.217. The summed E-state index contributed by atoms with van der Waals surface area (Å²) in [7, 11) is 0. The predicted octanol–water partition coefficient (Wildman–Crippen LogP) is 4.36. The number of pyridine rings is 2. The van der Waals surface area contributed by atoms with Gasteiger partial charge in [0.05, 0.1) is 0 Å². The van der Waals surface area contributed by atoms with Crippen LogP contribution in [-0.4, -0.2) is 21.0 Å². The van der Waals surface area contributed by atoms with Crippen LogP contribution in [-0.2, 0) is 4.79 Å². The van der Waals surface area contributed by atoms with Crippen LogP contribution in [0, 0.1) is 6.92 Å². The monoisotopic (exact) mass is 366 g/mol. The summed E-state index contributed by atoms with van der Waals surface area (Å²) in [6.07, 6.45) is 3.22. The van der Waals surface area contributed by atoms with Crippen LogP contribution < -0.4 is 4.74 Å². The van der Waals surface area contributed by atoms with Crippen molar-refractivity contribution in [2.75, 3.05) is 0 Å². The molecule has 0 amide bonds. The van der Waals surface area contributed by atoms with Gasteiger partial charge in [0, 0.05) is 41.4 Å². The third-order valence-corrected chi connectivity index (χ3v) is 3.74. The summed E-state index contributed by atoms with van der Waals surface area (Å²) in [5, 5.41) is 10.0. The summed E-state index contributed by atoms with van der Waals surface area (Å²) in [5.74, 6) is -1.11. The van der Waals surface area contributed by atoms with E-state index in [4.69, 9.17) is 16.3 Å². The number of benzene rings is 1. The number of aryl methyl sites for hydroxylation is 1. The normalized spacial score (nSPS) is 11.6. The Morgan fingerprint density at radius 3 is 2.42 bits per heavy atom. The van der Waals surface area contributed by atoms with Crippen LogP contribution in [0.3, 0.4) is 0 Å². The van der Waals surface area contributed by atoms with Gasteiger partial charge in [-0.2, -0.15) is 0 Å². The lowest BCUT2D eigenvalue weighted by Gasteiger charge is -2.14. The molecule has 3 aromatic rings. The maximum atomic E-state index is 12.0. The van der Waals surface area contributed by atoms with Crippen LogP contribution >= 0.6 is 11.6 Å². The molecule has 0 bridgehead atoms. The van der Waals surface area contributed by atoms with E-state index in [-0.39, 0.29) is 10.9 Å². The molecule has 2 heterocycles. The maximum absolute atomic E-state index is 12.0. The van der Waals surface area contributed by atoms with Gasteiger partial charge in [-0.25, -0.2) is 9.78 Å². The van der Waals surface area contributed by atoms with E-state index >= 15 is 0 Å². The summed E-state index contributed by atoms with van der Waals surface area (Å²) in [6.45, 7) is 1.75. The minimum Gasteiger partial charge on any atom is -0.475 e. The van der Waals surface area contributed by atoms with Crippen molar-refractivity contribution in [1.29, 1.82) is 0 Å². The van der Waals surface area contributed by atoms with Crippen molar-refractivity contribution in [1.82, 2.24) is 9.97 Å². The van der Waals surface area contributed by atoms with E-state index in [0.717, 1.165) is 0 Å². The molecule has 6 heteroatoms. The van der Waals surface area contributed by atoms with Gasteiger partial charge < -0.3 is 9.84 Å². The summed E-state index contributed by atoms with van der Waals surface area (Å²) in [4.78, 5) is 20.2. The maximum Gasteiger partial charge on any atom is 0.372 e. The van der Waals surface area contributed by atoms with Gasteiger partial charge in [0.1, 0.15) is 10.9 Å². The Morgan fingerprint density at radius 1 is 1.08 bits per heavy atom. The molecule has 1 N–H and O–H groups in total. The molecule has 130 valence electrons. The third-order valence-electron chi connectivity index (χ3n) is 3.55. The average Bonchev–Trinajstić information content (AvgIpc) is 2.62. The molecule has 1 aromatic carbocycles. The molecule has 5 nitrogen and oxygen atoms in total. The Hall–Kier alpha value is -3.18. The second-order valence-electron chi connectivity index (χ2n) is 5.49. The molecule has 0 saturated heterocycles. The largest absolute Gasteiger partial charge is 0.475 e. The molecule has 0 radical (unpaired) electrons. The summed E-state index contributed by atoms with van der Waals surface area (Å²) in [6, 6.07) is 15.8. The molecular weight excluding hydrogens is 352 g/mol. The first-order valence-electron chi connectivity index (χ1n) is 7.80. The molecule has 0 atom stereocenters. The van der Waals surface area contributed by atoms with Gasteiger partial charge in [-0.05, 0) is 18.6 Å². The van der Waals surface area contributed by atoms with E-state index in [1.54, 1.807) is 37.5 Å². The molecule has 0 aliphatic carbocycles. The third kappa shape index (κ3) is 4.07. The Morgan fingerprint density at radius 2 is 1.81 bits per heavy atom. The lowest BCUT2D eigenvalue weighted by molar-refractivity contribution is -0.134. The number of nitrogens with zero attached hydrogens (tertiary/aromatic N) is 2. The number of aromatic nitrogens is 2. The number of carboxylic acids is 1. The molecular formula is C20H15ClN2O3. The summed E-state index contributed by atoms with van der Waals surface area (Å²) < 4.78 is 5.74. The van der Waals surface area contributed by atoms with Gasteiger partial charge in [-0.3, -0.25) is 4.98 Å². The Bertz CT molecular complexity index is 896. The number of ether oxygens (including phenoxy) is 1. The highest BCUT2D eigenvalue weighted by Gasteiger charge is 2.21. The number of hydrogen-bond acceptors (Lipinski definition) is 4. The molecule has 0 spiro atoms. The molecule has 3 rings (SSSR count). The molecule has 0 aliphatic heterocycles. The van der Waals surface area contributed by atoms with E-state index in [1.165, 1.54) is 6.07 Å². The SMILES string of the molecule is Cc1cc(OC(C(=O)O)=C(c2ccccc2)c2cccnc2)cc(Cl)n1. The fourth-order valence-electron chi connectivity index (χ4n) is 2.52. The molecule has 0 saturated carbocycles. The zero-order chi connectivity index (χ0) is 18.5. The van der Waals surface area contributed by atoms with E-state index in [2.05, 4.69) is 9.97 Å². The average molecular weight is 367 g/mol. The second kappa shape index (κ2) is 7.80. The van der Waals surface area contributed by atoms with Crippen molar-refractivity contribution in [2.45, 2.75) is 6.92 Å². The van der Waals surface area contributed by atoms with Crippen LogP contribution in [0.4, 0.5) is 0 Å². The van der Waals surface area contributed by atoms with Crippen LogP contribution in [0.15, 0.2) is 72.8 Å².